The van der Waals surface area contributed by atoms with Crippen LogP contribution in [0, 0.1) is 10.1 Å². The van der Waals surface area contributed by atoms with Crippen LogP contribution in [0.5, 0.6) is 5.75 Å². The number of nitrogens with zero attached hydrogens (tertiary/aromatic N) is 1. The summed E-state index contributed by atoms with van der Waals surface area (Å²) < 4.78 is 5.43. The molecule has 0 fully saturated rings. The Hall–Kier alpha value is -2.64. The van der Waals surface area contributed by atoms with Crippen molar-refractivity contribution in [3.8, 4) is 5.75 Å². The van der Waals surface area contributed by atoms with Gasteiger partial charge in [-0.3, -0.25) is 19.7 Å². The quantitative estimate of drug-likeness (QED) is 0.460. The Labute approximate surface area is 152 Å². The summed E-state index contributed by atoms with van der Waals surface area (Å²) in [5.41, 5.74) is 0.0285. The van der Waals surface area contributed by atoms with Crippen molar-refractivity contribution in [2.75, 3.05) is 5.32 Å². The predicted molar refractivity (Wildman–Crippen MR) is 93.7 cm³/mol. The molecule has 0 heterocycles. The molecule has 0 aliphatic rings. The molecule has 2 aromatic carbocycles. The van der Waals surface area contributed by atoms with Gasteiger partial charge in [-0.1, -0.05) is 23.2 Å². The number of anilines is 1. The van der Waals surface area contributed by atoms with Crippen LogP contribution < -0.4 is 10.1 Å². The molecule has 0 radical (unpaired) electrons. The first kappa shape index (κ1) is 18.7. The minimum atomic E-state index is -0.991. The van der Waals surface area contributed by atoms with Crippen LogP contribution in [0.15, 0.2) is 36.4 Å². The number of benzene rings is 2. The van der Waals surface area contributed by atoms with Crippen LogP contribution in [-0.2, 0) is 4.79 Å². The van der Waals surface area contributed by atoms with E-state index in [0.717, 1.165) is 6.07 Å². The zero-order valence-electron chi connectivity index (χ0n) is 12.9. The van der Waals surface area contributed by atoms with E-state index in [1.165, 1.54) is 31.2 Å². The molecule has 0 aromatic heterocycles. The second-order valence-corrected chi connectivity index (χ2v) is 5.81. The molecule has 7 nitrogen and oxygen atoms in total. The normalized spacial score (nSPS) is 11.5. The Bertz CT molecular complexity index is 841. The number of halogens is 2. The Balaban J connectivity index is 2.14. The van der Waals surface area contributed by atoms with Crippen molar-refractivity contribution in [1.29, 1.82) is 0 Å². The van der Waals surface area contributed by atoms with Gasteiger partial charge in [-0.2, -0.15) is 0 Å². The molecule has 1 N–H and O–H groups in total. The van der Waals surface area contributed by atoms with Gasteiger partial charge in [-0.25, -0.2) is 0 Å². The SMILES string of the molecule is C[C@H](Oc1ccc([N+](=O)[O-])cc1C=O)C(=O)Nc1cc(Cl)ccc1Cl. The van der Waals surface area contributed by atoms with Crippen LogP contribution in [0.1, 0.15) is 17.3 Å². The molecule has 0 aliphatic carbocycles. The third-order valence-electron chi connectivity index (χ3n) is 3.19. The van der Waals surface area contributed by atoms with E-state index in [2.05, 4.69) is 5.32 Å². The van der Waals surface area contributed by atoms with Crippen molar-refractivity contribution in [3.63, 3.8) is 0 Å². The Morgan fingerprint density at radius 2 is 2.00 bits per heavy atom. The fourth-order valence-electron chi connectivity index (χ4n) is 1.92. The lowest BCUT2D eigenvalue weighted by Crippen LogP contribution is -2.30. The van der Waals surface area contributed by atoms with Gasteiger partial charge in [0.2, 0.25) is 0 Å². The highest BCUT2D eigenvalue weighted by Crippen LogP contribution is 2.27. The van der Waals surface area contributed by atoms with E-state index < -0.39 is 16.9 Å². The summed E-state index contributed by atoms with van der Waals surface area (Å²) >= 11 is 11.8. The molecule has 9 heteroatoms. The van der Waals surface area contributed by atoms with Crippen molar-refractivity contribution >= 4 is 46.8 Å². The van der Waals surface area contributed by atoms with E-state index in [1.807, 2.05) is 0 Å². The maximum absolute atomic E-state index is 12.2. The minimum Gasteiger partial charge on any atom is -0.480 e. The first-order chi connectivity index (χ1) is 11.8. The predicted octanol–water partition coefficient (Wildman–Crippen LogP) is 4.12. The van der Waals surface area contributed by atoms with E-state index in [0.29, 0.717) is 22.0 Å². The molecular formula is C16H12Cl2N2O5. The maximum Gasteiger partial charge on any atom is 0.270 e. The van der Waals surface area contributed by atoms with E-state index in [1.54, 1.807) is 6.07 Å². The van der Waals surface area contributed by atoms with E-state index in [9.17, 15) is 19.7 Å². The highest BCUT2D eigenvalue weighted by atomic mass is 35.5. The molecule has 0 saturated carbocycles. The fourth-order valence-corrected chi connectivity index (χ4v) is 2.26. The summed E-state index contributed by atoms with van der Waals surface area (Å²) in [5, 5.41) is 14.0. The van der Waals surface area contributed by atoms with Gasteiger partial charge in [0, 0.05) is 17.2 Å². The number of rotatable bonds is 6. The highest BCUT2D eigenvalue weighted by molar-refractivity contribution is 6.35. The van der Waals surface area contributed by atoms with Gasteiger partial charge in [0.1, 0.15) is 5.75 Å². The molecule has 1 atom stereocenters. The molecule has 0 saturated heterocycles. The van der Waals surface area contributed by atoms with E-state index >= 15 is 0 Å². The van der Waals surface area contributed by atoms with Gasteiger partial charge in [0.25, 0.3) is 11.6 Å². The van der Waals surface area contributed by atoms with Crippen LogP contribution in [0.2, 0.25) is 10.0 Å². The van der Waals surface area contributed by atoms with Gasteiger partial charge in [0.15, 0.2) is 12.4 Å². The lowest BCUT2D eigenvalue weighted by Gasteiger charge is -2.16. The van der Waals surface area contributed by atoms with Crippen LogP contribution in [0.25, 0.3) is 0 Å². The number of nitro groups is 1. The summed E-state index contributed by atoms with van der Waals surface area (Å²) in [6.07, 6.45) is -0.573. The van der Waals surface area contributed by atoms with Crippen LogP contribution in [0.4, 0.5) is 11.4 Å². The standard InChI is InChI=1S/C16H12Cl2N2O5/c1-9(16(22)19-14-7-11(17)2-4-13(14)18)25-15-5-3-12(20(23)24)6-10(15)8-21/h2-9H,1H3,(H,19,22)/t9-/m0/s1. The van der Waals surface area contributed by atoms with Crippen molar-refractivity contribution in [1.82, 2.24) is 0 Å². The molecule has 130 valence electrons. The summed E-state index contributed by atoms with van der Waals surface area (Å²) in [6, 6.07) is 8.11. The zero-order valence-corrected chi connectivity index (χ0v) is 14.4. The van der Waals surface area contributed by atoms with Gasteiger partial charge in [0.05, 0.1) is 21.2 Å². The third kappa shape index (κ3) is 4.68. The van der Waals surface area contributed by atoms with E-state index in [-0.39, 0.29) is 17.0 Å². The van der Waals surface area contributed by atoms with Crippen molar-refractivity contribution < 1.29 is 19.2 Å². The largest absolute Gasteiger partial charge is 0.480 e. The van der Waals surface area contributed by atoms with Gasteiger partial charge >= 0.3 is 0 Å². The summed E-state index contributed by atoms with van der Waals surface area (Å²) in [6.45, 7) is 1.46. The average Bonchev–Trinajstić information content (AvgIpc) is 2.58. The Morgan fingerprint density at radius 3 is 2.64 bits per heavy atom. The number of ether oxygens (including phenoxy) is 1. The molecular weight excluding hydrogens is 371 g/mol. The van der Waals surface area contributed by atoms with Gasteiger partial charge in [-0.05, 0) is 31.2 Å². The number of hydrogen-bond donors (Lipinski definition) is 1. The molecule has 25 heavy (non-hydrogen) atoms. The number of nitrogens with one attached hydrogen (secondary N) is 1. The molecule has 1 amide bonds. The third-order valence-corrected chi connectivity index (χ3v) is 3.76. The van der Waals surface area contributed by atoms with Gasteiger partial charge in [-0.15, -0.1) is 0 Å². The molecule has 2 aromatic rings. The number of amides is 1. The van der Waals surface area contributed by atoms with Crippen LogP contribution in [-0.4, -0.2) is 23.2 Å². The van der Waals surface area contributed by atoms with Crippen molar-refractivity contribution in [2.24, 2.45) is 0 Å². The molecule has 0 spiro atoms. The topological polar surface area (TPSA) is 98.5 Å². The number of aldehydes is 1. The Morgan fingerprint density at radius 1 is 1.28 bits per heavy atom. The van der Waals surface area contributed by atoms with Crippen LogP contribution >= 0.6 is 23.2 Å². The summed E-state index contributed by atoms with van der Waals surface area (Å²) in [5.74, 6) is -0.472. The molecule has 0 unspecified atom stereocenters. The second-order valence-electron chi connectivity index (χ2n) is 4.97. The number of carbonyl (C=O) groups excluding carboxylic acids is 2. The summed E-state index contributed by atoms with van der Waals surface area (Å²) in [7, 11) is 0. The number of non-ortho nitro benzene ring substituents is 1. The number of hydrogen-bond acceptors (Lipinski definition) is 5. The lowest BCUT2D eigenvalue weighted by atomic mass is 10.2. The first-order valence-electron chi connectivity index (χ1n) is 6.98. The highest BCUT2D eigenvalue weighted by Gasteiger charge is 2.19. The number of nitro benzene ring substituents is 1. The van der Waals surface area contributed by atoms with Gasteiger partial charge < -0.3 is 10.1 Å². The lowest BCUT2D eigenvalue weighted by molar-refractivity contribution is -0.384. The summed E-state index contributed by atoms with van der Waals surface area (Å²) in [4.78, 5) is 33.4. The number of carbonyl (C=O) groups is 2. The second kappa shape index (κ2) is 7.96. The molecule has 2 rings (SSSR count). The maximum atomic E-state index is 12.2. The molecule has 0 aliphatic heterocycles. The van der Waals surface area contributed by atoms with E-state index in [4.69, 9.17) is 27.9 Å². The molecule has 0 bridgehead atoms. The van der Waals surface area contributed by atoms with Crippen molar-refractivity contribution in [3.05, 3.63) is 62.1 Å². The monoisotopic (exact) mass is 382 g/mol. The fraction of sp³-hybridized carbons (Fsp3) is 0.125. The van der Waals surface area contributed by atoms with Crippen molar-refractivity contribution in [2.45, 2.75) is 13.0 Å². The van der Waals surface area contributed by atoms with Crippen LogP contribution in [0.3, 0.4) is 0 Å². The first-order valence-corrected chi connectivity index (χ1v) is 7.73. The Kier molecular flexibility index (Phi) is 5.95. The minimum absolute atomic E-state index is 0.0327. The smallest absolute Gasteiger partial charge is 0.270 e. The average molecular weight is 383 g/mol. The zero-order chi connectivity index (χ0) is 18.6.